The second kappa shape index (κ2) is 12.6. The van der Waals surface area contributed by atoms with Crippen LogP contribution < -0.4 is 21.3 Å². The summed E-state index contributed by atoms with van der Waals surface area (Å²) >= 11 is 0. The van der Waals surface area contributed by atoms with E-state index in [4.69, 9.17) is 0 Å². The number of para-hydroxylation sites is 1. The summed E-state index contributed by atoms with van der Waals surface area (Å²) in [5.41, 5.74) is 2.19. The lowest BCUT2D eigenvalue weighted by Crippen LogP contribution is -2.59. The maximum atomic E-state index is 13.4. The van der Waals surface area contributed by atoms with Crippen LogP contribution in [0.1, 0.15) is 37.9 Å². The predicted molar refractivity (Wildman–Crippen MR) is 144 cm³/mol. The van der Waals surface area contributed by atoms with E-state index in [0.717, 1.165) is 29.4 Å². The maximum Gasteiger partial charge on any atom is 0.326 e. The summed E-state index contributed by atoms with van der Waals surface area (Å²) in [7, 11) is 0. The zero-order chi connectivity index (χ0) is 27.9. The monoisotopic (exact) mass is 537 g/mol. The summed E-state index contributed by atoms with van der Waals surface area (Å²) in [6.45, 7) is 4.35. The molecule has 4 rings (SSSR count). The van der Waals surface area contributed by atoms with E-state index in [9.17, 15) is 24.3 Å². The topological polar surface area (TPSA) is 181 Å². The Kier molecular flexibility index (Phi) is 8.97. The quantitative estimate of drug-likeness (QED) is 0.177. The predicted octanol–water partition coefficient (Wildman–Crippen LogP) is 0.623. The van der Waals surface area contributed by atoms with Gasteiger partial charge in [-0.1, -0.05) is 32.0 Å². The van der Waals surface area contributed by atoms with Gasteiger partial charge >= 0.3 is 5.97 Å². The molecule has 1 saturated heterocycles. The summed E-state index contributed by atoms with van der Waals surface area (Å²) in [6.07, 6.45) is 6.39. The van der Waals surface area contributed by atoms with Crippen molar-refractivity contribution in [2.45, 2.75) is 63.7 Å². The number of nitrogens with zero attached hydrogens (tertiary/aromatic N) is 1. The summed E-state index contributed by atoms with van der Waals surface area (Å²) in [6, 6.07) is 3.93. The highest BCUT2D eigenvalue weighted by atomic mass is 16.4. The first-order chi connectivity index (χ1) is 18.7. The Bertz CT molecular complexity index is 1300. The molecule has 0 saturated carbocycles. The van der Waals surface area contributed by atoms with E-state index in [1.165, 1.54) is 12.5 Å². The number of carbonyl (C=O) groups is 4. The van der Waals surface area contributed by atoms with Gasteiger partial charge in [0.05, 0.1) is 12.4 Å². The highest BCUT2D eigenvalue weighted by Crippen LogP contribution is 2.19. The number of aliphatic carboxylic acids is 1. The molecule has 39 heavy (non-hydrogen) atoms. The van der Waals surface area contributed by atoms with Crippen LogP contribution in [0.4, 0.5) is 0 Å². The van der Waals surface area contributed by atoms with Crippen LogP contribution in [0.5, 0.6) is 0 Å². The van der Waals surface area contributed by atoms with Crippen molar-refractivity contribution in [3.63, 3.8) is 0 Å². The summed E-state index contributed by atoms with van der Waals surface area (Å²) in [4.78, 5) is 61.5. The van der Waals surface area contributed by atoms with Crippen LogP contribution >= 0.6 is 0 Å². The first kappa shape index (κ1) is 27.8. The van der Waals surface area contributed by atoms with Gasteiger partial charge in [0.25, 0.3) is 0 Å². The minimum atomic E-state index is -1.23. The van der Waals surface area contributed by atoms with Crippen LogP contribution in [0.3, 0.4) is 0 Å². The minimum Gasteiger partial charge on any atom is -0.480 e. The fourth-order valence-corrected chi connectivity index (χ4v) is 4.78. The van der Waals surface area contributed by atoms with E-state index in [-0.39, 0.29) is 30.7 Å². The zero-order valence-corrected chi connectivity index (χ0v) is 22.0. The van der Waals surface area contributed by atoms with Crippen LogP contribution in [0, 0.1) is 5.92 Å². The molecule has 2 aromatic heterocycles. The molecule has 3 heterocycles. The molecule has 3 amide bonds. The molecule has 4 unspecified atom stereocenters. The maximum absolute atomic E-state index is 13.4. The fraction of sp³-hybridized carbons (Fsp3) is 0.444. The number of carboxylic acid groups (broad SMARTS) is 1. The van der Waals surface area contributed by atoms with Crippen LogP contribution in [0.15, 0.2) is 43.0 Å². The molecule has 1 fully saturated rings. The Morgan fingerprint density at radius 3 is 2.46 bits per heavy atom. The van der Waals surface area contributed by atoms with Gasteiger partial charge in [0, 0.05) is 41.8 Å². The Labute approximate surface area is 225 Å². The smallest absolute Gasteiger partial charge is 0.326 e. The highest BCUT2D eigenvalue weighted by molar-refractivity contribution is 5.94. The van der Waals surface area contributed by atoms with Gasteiger partial charge in [-0.2, -0.15) is 0 Å². The molecule has 12 heteroatoms. The van der Waals surface area contributed by atoms with Crippen molar-refractivity contribution < 1.29 is 24.3 Å². The number of aromatic amines is 2. The number of carbonyl (C=O) groups excluding carboxylic acids is 3. The van der Waals surface area contributed by atoms with E-state index in [2.05, 4.69) is 36.2 Å². The molecule has 12 nitrogen and oxygen atoms in total. The van der Waals surface area contributed by atoms with Crippen LogP contribution in [-0.4, -0.2) is 74.5 Å². The number of hydrogen-bond acceptors (Lipinski definition) is 6. The first-order valence-corrected chi connectivity index (χ1v) is 13.1. The van der Waals surface area contributed by atoms with Gasteiger partial charge in [0.2, 0.25) is 17.7 Å². The van der Waals surface area contributed by atoms with E-state index in [0.29, 0.717) is 12.1 Å². The molecular weight excluding hydrogens is 502 g/mol. The third-order valence-electron chi connectivity index (χ3n) is 6.95. The second-order valence-corrected chi connectivity index (χ2v) is 10.2. The van der Waals surface area contributed by atoms with Crippen molar-refractivity contribution >= 4 is 34.6 Å². The Morgan fingerprint density at radius 1 is 1.03 bits per heavy atom. The number of benzene rings is 1. The first-order valence-electron chi connectivity index (χ1n) is 13.1. The average Bonchev–Trinajstić information content (AvgIpc) is 3.69. The molecule has 1 aliphatic heterocycles. The molecule has 208 valence electrons. The lowest BCUT2D eigenvalue weighted by atomic mass is 10.0. The van der Waals surface area contributed by atoms with E-state index in [1.807, 2.05) is 24.3 Å². The van der Waals surface area contributed by atoms with Gasteiger partial charge in [0.1, 0.15) is 18.1 Å². The van der Waals surface area contributed by atoms with Gasteiger partial charge in [-0.15, -0.1) is 0 Å². The van der Waals surface area contributed by atoms with E-state index >= 15 is 0 Å². The molecule has 1 aliphatic rings. The van der Waals surface area contributed by atoms with Crippen molar-refractivity contribution in [2.24, 2.45) is 5.92 Å². The number of H-pyrrole nitrogens is 2. The van der Waals surface area contributed by atoms with Crippen molar-refractivity contribution in [3.05, 3.63) is 54.2 Å². The molecule has 7 N–H and O–H groups in total. The molecular formula is C27H35N7O5. The Hall–Kier alpha value is -4.19. The molecule has 4 atom stereocenters. The molecule has 3 aromatic rings. The Balaban J connectivity index is 1.49. The van der Waals surface area contributed by atoms with Crippen LogP contribution in [0.2, 0.25) is 0 Å². The number of fused-ring (bicyclic) bond motifs is 1. The van der Waals surface area contributed by atoms with Gasteiger partial charge in [-0.3, -0.25) is 14.4 Å². The van der Waals surface area contributed by atoms with Crippen molar-refractivity contribution in [1.82, 2.24) is 36.2 Å². The lowest BCUT2D eigenvalue weighted by Gasteiger charge is -2.27. The summed E-state index contributed by atoms with van der Waals surface area (Å²) in [5, 5.41) is 22.0. The standard InChI is InChI=1S/C27H35N7O5/c1-15(2)23(34-24(35)20-8-5-9-29-20)26(37)32-21(11-17-13-28-14-31-17)25(36)33-22(27(38)39)10-16-12-30-19-7-4-3-6-18(16)19/h3-4,6-7,12-15,20-23,29-30H,5,8-11H2,1-2H3,(H,28,31)(H,32,37)(H,33,36)(H,34,35)(H,38,39). The van der Waals surface area contributed by atoms with Gasteiger partial charge in [-0.25, -0.2) is 9.78 Å². The number of amides is 3. The Morgan fingerprint density at radius 2 is 1.79 bits per heavy atom. The fourth-order valence-electron chi connectivity index (χ4n) is 4.78. The molecule has 0 radical (unpaired) electrons. The van der Waals surface area contributed by atoms with Gasteiger partial charge in [0.15, 0.2) is 0 Å². The third-order valence-corrected chi connectivity index (χ3v) is 6.95. The average molecular weight is 538 g/mol. The number of carboxylic acids is 1. The van der Waals surface area contributed by atoms with Crippen molar-refractivity contribution in [2.75, 3.05) is 6.54 Å². The van der Waals surface area contributed by atoms with E-state index in [1.54, 1.807) is 20.0 Å². The number of imidazole rings is 1. The van der Waals surface area contributed by atoms with Crippen molar-refractivity contribution in [1.29, 1.82) is 0 Å². The normalized spacial score (nSPS) is 17.5. The number of nitrogens with one attached hydrogen (secondary N) is 6. The number of aromatic nitrogens is 3. The number of hydrogen-bond donors (Lipinski definition) is 7. The van der Waals surface area contributed by atoms with Gasteiger partial charge in [-0.05, 0) is 36.9 Å². The highest BCUT2D eigenvalue weighted by Gasteiger charge is 2.33. The summed E-state index contributed by atoms with van der Waals surface area (Å²) in [5.74, 6) is -2.90. The number of rotatable bonds is 12. The largest absolute Gasteiger partial charge is 0.480 e. The van der Waals surface area contributed by atoms with Crippen LogP contribution in [0.25, 0.3) is 10.9 Å². The molecule has 0 spiro atoms. The SMILES string of the molecule is CC(C)C(NC(=O)C1CCCN1)C(=O)NC(Cc1cnc[nH]1)C(=O)NC(Cc1c[nH]c2ccccc12)C(=O)O. The molecule has 0 aliphatic carbocycles. The zero-order valence-electron chi connectivity index (χ0n) is 22.0. The molecule has 1 aromatic carbocycles. The molecule has 0 bridgehead atoms. The van der Waals surface area contributed by atoms with E-state index < -0.39 is 35.9 Å². The van der Waals surface area contributed by atoms with Gasteiger partial charge < -0.3 is 36.3 Å². The van der Waals surface area contributed by atoms with Crippen LogP contribution in [-0.2, 0) is 32.0 Å². The summed E-state index contributed by atoms with van der Waals surface area (Å²) < 4.78 is 0. The lowest BCUT2D eigenvalue weighted by molar-refractivity contribution is -0.142. The minimum absolute atomic E-state index is 0.0505. The third kappa shape index (κ3) is 7.02. The second-order valence-electron chi connectivity index (χ2n) is 10.2. The van der Waals surface area contributed by atoms with Crippen molar-refractivity contribution in [3.8, 4) is 0 Å².